The SMILES string of the molecule is COC(=O)CCc1ccc(/C(Nc2ccc(CN(C)C)cc2)=C2/C(=O)Nc3cc(Cl)ccc32)cc1. The number of nitrogens with one attached hydrogen (secondary N) is 2. The summed E-state index contributed by atoms with van der Waals surface area (Å²) < 4.78 is 4.74. The number of anilines is 2. The van der Waals surface area contributed by atoms with Gasteiger partial charge >= 0.3 is 5.97 Å². The molecule has 4 rings (SSSR count). The van der Waals surface area contributed by atoms with Crippen LogP contribution in [-0.2, 0) is 27.3 Å². The lowest BCUT2D eigenvalue weighted by atomic mass is 9.98. The van der Waals surface area contributed by atoms with Crippen LogP contribution < -0.4 is 10.6 Å². The number of ether oxygens (including phenoxy) is 1. The topological polar surface area (TPSA) is 70.7 Å². The second-order valence-corrected chi connectivity index (χ2v) is 9.16. The quantitative estimate of drug-likeness (QED) is 0.325. The van der Waals surface area contributed by atoms with E-state index in [1.54, 1.807) is 12.1 Å². The molecular formula is C28H28ClN3O3. The number of esters is 1. The number of benzene rings is 3. The van der Waals surface area contributed by atoms with Crippen molar-refractivity contribution in [2.75, 3.05) is 31.8 Å². The lowest BCUT2D eigenvalue weighted by molar-refractivity contribution is -0.140. The maximum Gasteiger partial charge on any atom is 0.305 e. The van der Waals surface area contributed by atoms with Crippen LogP contribution in [0.4, 0.5) is 11.4 Å². The van der Waals surface area contributed by atoms with E-state index < -0.39 is 0 Å². The summed E-state index contributed by atoms with van der Waals surface area (Å²) in [7, 11) is 5.46. The van der Waals surface area contributed by atoms with Gasteiger partial charge in [0, 0.05) is 29.2 Å². The maximum atomic E-state index is 13.1. The van der Waals surface area contributed by atoms with Crippen molar-refractivity contribution in [3.63, 3.8) is 0 Å². The summed E-state index contributed by atoms with van der Waals surface area (Å²) in [6.07, 6.45) is 0.902. The standard InChI is InChI=1S/C28H28ClN3O3/c1-32(2)17-19-6-12-22(13-7-19)30-27(20-9-4-18(5-10-20)8-15-25(33)35-3)26-23-14-11-21(29)16-24(23)31-28(26)34/h4-7,9-14,16,30H,8,15,17H2,1-3H3,(H,31,34)/b27-26-. The first-order chi connectivity index (χ1) is 16.8. The number of amides is 1. The molecule has 0 spiro atoms. The molecule has 0 aliphatic carbocycles. The molecule has 1 aliphatic heterocycles. The smallest absolute Gasteiger partial charge is 0.305 e. The summed E-state index contributed by atoms with van der Waals surface area (Å²) in [6.45, 7) is 0.845. The van der Waals surface area contributed by atoms with Crippen molar-refractivity contribution in [2.24, 2.45) is 0 Å². The van der Waals surface area contributed by atoms with Gasteiger partial charge in [-0.2, -0.15) is 0 Å². The largest absolute Gasteiger partial charge is 0.469 e. The number of rotatable bonds is 8. The van der Waals surface area contributed by atoms with E-state index in [4.69, 9.17) is 16.3 Å². The van der Waals surface area contributed by atoms with Gasteiger partial charge in [-0.05, 0) is 61.5 Å². The molecule has 0 bridgehead atoms. The molecule has 0 radical (unpaired) electrons. The number of carbonyl (C=O) groups excluding carboxylic acids is 2. The van der Waals surface area contributed by atoms with E-state index in [-0.39, 0.29) is 11.9 Å². The molecule has 1 heterocycles. The Bertz CT molecular complexity index is 1270. The monoisotopic (exact) mass is 489 g/mol. The number of carbonyl (C=O) groups is 2. The molecule has 180 valence electrons. The van der Waals surface area contributed by atoms with E-state index in [1.165, 1.54) is 12.7 Å². The normalized spacial score (nSPS) is 13.9. The third kappa shape index (κ3) is 5.91. The van der Waals surface area contributed by atoms with Gasteiger partial charge < -0.3 is 20.3 Å². The van der Waals surface area contributed by atoms with Crippen molar-refractivity contribution < 1.29 is 14.3 Å². The third-order valence-corrected chi connectivity index (χ3v) is 6.02. The van der Waals surface area contributed by atoms with Gasteiger partial charge in [-0.15, -0.1) is 0 Å². The molecule has 0 unspecified atom stereocenters. The van der Waals surface area contributed by atoms with Gasteiger partial charge in [0.05, 0.1) is 24.1 Å². The molecule has 1 amide bonds. The minimum Gasteiger partial charge on any atom is -0.469 e. The average Bonchev–Trinajstić information content (AvgIpc) is 3.16. The van der Waals surface area contributed by atoms with E-state index in [9.17, 15) is 9.59 Å². The van der Waals surface area contributed by atoms with Crippen molar-refractivity contribution in [1.29, 1.82) is 0 Å². The number of halogens is 1. The Kier molecular flexibility index (Phi) is 7.54. The minimum absolute atomic E-state index is 0.191. The van der Waals surface area contributed by atoms with Gasteiger partial charge in [-0.1, -0.05) is 54.1 Å². The molecule has 1 aliphatic rings. The number of hydrogen-bond donors (Lipinski definition) is 2. The molecule has 7 heteroatoms. The van der Waals surface area contributed by atoms with Crippen LogP contribution in [0, 0.1) is 0 Å². The Labute approximate surface area is 210 Å². The summed E-state index contributed by atoms with van der Waals surface area (Å²) in [5.41, 5.74) is 6.67. The molecule has 0 aromatic heterocycles. The second kappa shape index (κ2) is 10.8. The first-order valence-corrected chi connectivity index (χ1v) is 11.7. The fourth-order valence-corrected chi connectivity index (χ4v) is 4.23. The molecular weight excluding hydrogens is 462 g/mol. The molecule has 0 saturated carbocycles. The fourth-order valence-electron chi connectivity index (χ4n) is 4.06. The third-order valence-electron chi connectivity index (χ3n) is 5.79. The highest BCUT2D eigenvalue weighted by molar-refractivity contribution is 6.38. The number of fused-ring (bicyclic) bond motifs is 1. The van der Waals surface area contributed by atoms with Crippen molar-refractivity contribution in [2.45, 2.75) is 19.4 Å². The van der Waals surface area contributed by atoms with Crippen LogP contribution in [0.5, 0.6) is 0 Å². The summed E-state index contributed by atoms with van der Waals surface area (Å²) in [4.78, 5) is 26.7. The number of aryl methyl sites for hydroxylation is 1. The van der Waals surface area contributed by atoms with Crippen molar-refractivity contribution in [1.82, 2.24) is 4.90 Å². The lowest BCUT2D eigenvalue weighted by Crippen LogP contribution is -2.11. The van der Waals surface area contributed by atoms with E-state index in [2.05, 4.69) is 27.7 Å². The minimum atomic E-state index is -0.242. The average molecular weight is 490 g/mol. The van der Waals surface area contributed by atoms with Crippen LogP contribution in [0.1, 0.15) is 28.7 Å². The van der Waals surface area contributed by atoms with Crippen LogP contribution in [0.15, 0.2) is 66.7 Å². The Hall–Kier alpha value is -3.61. The van der Waals surface area contributed by atoms with Crippen LogP contribution >= 0.6 is 11.6 Å². The van der Waals surface area contributed by atoms with Crippen LogP contribution in [-0.4, -0.2) is 38.0 Å². The first-order valence-electron chi connectivity index (χ1n) is 11.4. The highest BCUT2D eigenvalue weighted by atomic mass is 35.5. The predicted molar refractivity (Wildman–Crippen MR) is 141 cm³/mol. The number of methoxy groups -OCH3 is 1. The van der Waals surface area contributed by atoms with Gasteiger partial charge in [0.1, 0.15) is 0 Å². The number of hydrogen-bond acceptors (Lipinski definition) is 5. The summed E-state index contributed by atoms with van der Waals surface area (Å²) in [6, 6.07) is 21.4. The highest BCUT2D eigenvalue weighted by Gasteiger charge is 2.28. The Morgan fingerprint density at radius 1 is 1.00 bits per heavy atom. The fraction of sp³-hybridized carbons (Fsp3) is 0.214. The molecule has 0 saturated heterocycles. The Morgan fingerprint density at radius 3 is 2.34 bits per heavy atom. The first kappa shape index (κ1) is 24.5. The van der Waals surface area contributed by atoms with Crippen LogP contribution in [0.2, 0.25) is 5.02 Å². The molecule has 2 N–H and O–H groups in total. The van der Waals surface area contributed by atoms with Gasteiger partial charge in [-0.25, -0.2) is 0 Å². The van der Waals surface area contributed by atoms with Crippen LogP contribution in [0.3, 0.4) is 0 Å². The maximum absolute atomic E-state index is 13.1. The van der Waals surface area contributed by atoms with E-state index >= 15 is 0 Å². The molecule has 3 aromatic carbocycles. The zero-order chi connectivity index (χ0) is 24.9. The molecule has 3 aromatic rings. The predicted octanol–water partition coefficient (Wildman–Crippen LogP) is 5.44. The molecule has 35 heavy (non-hydrogen) atoms. The zero-order valence-corrected chi connectivity index (χ0v) is 20.8. The summed E-state index contributed by atoms with van der Waals surface area (Å²) in [5.74, 6) is -0.432. The molecule has 0 fully saturated rings. The highest BCUT2D eigenvalue weighted by Crippen LogP contribution is 2.38. The van der Waals surface area contributed by atoms with E-state index in [0.717, 1.165) is 28.9 Å². The van der Waals surface area contributed by atoms with Gasteiger partial charge in [0.25, 0.3) is 5.91 Å². The van der Waals surface area contributed by atoms with Gasteiger partial charge in [0.15, 0.2) is 0 Å². The van der Waals surface area contributed by atoms with Crippen LogP contribution in [0.25, 0.3) is 11.3 Å². The second-order valence-electron chi connectivity index (χ2n) is 8.73. The van der Waals surface area contributed by atoms with Gasteiger partial charge in [0.2, 0.25) is 0 Å². The zero-order valence-electron chi connectivity index (χ0n) is 20.0. The summed E-state index contributed by atoms with van der Waals surface area (Å²) in [5, 5.41) is 6.97. The number of nitrogens with zero attached hydrogens (tertiary/aromatic N) is 1. The van der Waals surface area contributed by atoms with Crippen molar-refractivity contribution in [3.8, 4) is 0 Å². The van der Waals surface area contributed by atoms with Crippen molar-refractivity contribution >= 4 is 46.1 Å². The lowest BCUT2D eigenvalue weighted by Gasteiger charge is -2.16. The molecule has 0 atom stereocenters. The van der Waals surface area contributed by atoms with E-state index in [0.29, 0.717) is 34.8 Å². The Balaban J connectivity index is 1.72. The Morgan fingerprint density at radius 2 is 1.69 bits per heavy atom. The van der Waals surface area contributed by atoms with Crippen molar-refractivity contribution in [3.05, 3.63) is 94.0 Å². The van der Waals surface area contributed by atoms with E-state index in [1.807, 2.05) is 56.6 Å². The molecule has 6 nitrogen and oxygen atoms in total. The van der Waals surface area contributed by atoms with Gasteiger partial charge in [-0.3, -0.25) is 9.59 Å². The summed E-state index contributed by atoms with van der Waals surface area (Å²) >= 11 is 6.16.